The number of rotatable bonds is 3. The summed E-state index contributed by atoms with van der Waals surface area (Å²) in [4.78, 5) is 25.1. The number of hydrogen-bond acceptors (Lipinski definition) is 2. The number of likely N-dealkylation sites (tertiary alicyclic amines) is 1. The molecule has 0 unspecified atom stereocenters. The number of carbonyl (C=O) groups is 2. The first-order valence-electron chi connectivity index (χ1n) is 7.16. The fourth-order valence-corrected chi connectivity index (χ4v) is 3.03. The lowest BCUT2D eigenvalue weighted by Crippen LogP contribution is -2.41. The number of benzene rings is 2. The van der Waals surface area contributed by atoms with E-state index in [-0.39, 0.29) is 12.3 Å². The molecule has 0 aromatic heterocycles. The largest absolute Gasteiger partial charge is 0.480 e. The van der Waals surface area contributed by atoms with Gasteiger partial charge in [0.1, 0.15) is 6.04 Å². The van der Waals surface area contributed by atoms with Crippen LogP contribution in [0.15, 0.2) is 42.5 Å². The summed E-state index contributed by atoms with van der Waals surface area (Å²) in [5.74, 6) is -1.00. The van der Waals surface area contributed by atoms with Crippen molar-refractivity contribution in [3.63, 3.8) is 0 Å². The Kier molecular flexibility index (Phi) is 3.60. The first-order valence-corrected chi connectivity index (χ1v) is 7.16. The highest BCUT2D eigenvalue weighted by Gasteiger charge is 2.33. The summed E-state index contributed by atoms with van der Waals surface area (Å²) in [6.07, 6.45) is 1.57. The first-order chi connectivity index (χ1) is 10.2. The molecule has 2 aromatic carbocycles. The maximum Gasteiger partial charge on any atom is 0.326 e. The number of nitrogens with zero attached hydrogens (tertiary/aromatic N) is 1. The van der Waals surface area contributed by atoms with Gasteiger partial charge in [-0.25, -0.2) is 4.79 Å². The van der Waals surface area contributed by atoms with E-state index in [1.807, 2.05) is 42.5 Å². The zero-order valence-corrected chi connectivity index (χ0v) is 11.7. The molecule has 1 amide bonds. The van der Waals surface area contributed by atoms with Crippen LogP contribution in [0.25, 0.3) is 10.8 Å². The lowest BCUT2D eigenvalue weighted by Gasteiger charge is -2.21. The molecular formula is C17H17NO3. The van der Waals surface area contributed by atoms with Crippen molar-refractivity contribution >= 4 is 22.6 Å². The monoisotopic (exact) mass is 283 g/mol. The maximum absolute atomic E-state index is 12.4. The number of fused-ring (bicyclic) bond motifs is 1. The Bertz CT molecular complexity index is 690. The average Bonchev–Trinajstić information content (AvgIpc) is 2.97. The summed E-state index contributed by atoms with van der Waals surface area (Å²) in [5.41, 5.74) is 0.953. The predicted octanol–water partition coefficient (Wildman–Crippen LogP) is 2.46. The molecule has 0 bridgehead atoms. The minimum atomic E-state index is -0.904. The summed E-state index contributed by atoms with van der Waals surface area (Å²) >= 11 is 0. The van der Waals surface area contributed by atoms with Crippen molar-refractivity contribution in [3.05, 3.63) is 48.0 Å². The molecule has 4 heteroatoms. The second-order valence-electron chi connectivity index (χ2n) is 5.40. The van der Waals surface area contributed by atoms with Gasteiger partial charge in [-0.15, -0.1) is 0 Å². The van der Waals surface area contributed by atoms with Crippen LogP contribution in [0.3, 0.4) is 0 Å². The second kappa shape index (κ2) is 5.56. The molecule has 1 atom stereocenters. The van der Waals surface area contributed by atoms with E-state index in [4.69, 9.17) is 0 Å². The number of carbonyl (C=O) groups excluding carboxylic acids is 1. The zero-order chi connectivity index (χ0) is 14.8. The van der Waals surface area contributed by atoms with Gasteiger partial charge in [-0.2, -0.15) is 0 Å². The van der Waals surface area contributed by atoms with E-state index in [0.29, 0.717) is 13.0 Å². The molecule has 21 heavy (non-hydrogen) atoms. The molecule has 1 aliphatic rings. The Hall–Kier alpha value is -2.36. The molecule has 0 spiro atoms. The van der Waals surface area contributed by atoms with Crippen LogP contribution >= 0.6 is 0 Å². The minimum absolute atomic E-state index is 0.101. The number of hydrogen-bond donors (Lipinski definition) is 1. The smallest absolute Gasteiger partial charge is 0.326 e. The molecule has 1 aliphatic heterocycles. The maximum atomic E-state index is 12.4. The van der Waals surface area contributed by atoms with Crippen molar-refractivity contribution in [3.8, 4) is 0 Å². The Morgan fingerprint density at radius 1 is 1.14 bits per heavy atom. The minimum Gasteiger partial charge on any atom is -0.480 e. The fraction of sp³-hybridized carbons (Fsp3) is 0.294. The molecule has 3 rings (SSSR count). The van der Waals surface area contributed by atoms with Crippen LogP contribution in [0.2, 0.25) is 0 Å². The summed E-state index contributed by atoms with van der Waals surface area (Å²) in [6, 6.07) is 13.2. The van der Waals surface area contributed by atoms with Gasteiger partial charge in [0.15, 0.2) is 0 Å². The molecule has 1 heterocycles. The van der Waals surface area contributed by atoms with Crippen LogP contribution in [-0.2, 0) is 16.0 Å². The molecule has 108 valence electrons. The van der Waals surface area contributed by atoms with Crippen LogP contribution in [0, 0.1) is 0 Å². The Balaban J connectivity index is 1.85. The molecule has 2 aromatic rings. The number of amides is 1. The van der Waals surface area contributed by atoms with Crippen molar-refractivity contribution in [1.29, 1.82) is 0 Å². The van der Waals surface area contributed by atoms with Crippen molar-refractivity contribution in [2.75, 3.05) is 6.54 Å². The van der Waals surface area contributed by atoms with E-state index in [1.165, 1.54) is 4.90 Å². The van der Waals surface area contributed by atoms with Crippen molar-refractivity contribution in [2.24, 2.45) is 0 Å². The third-order valence-electron chi connectivity index (χ3n) is 4.08. The highest BCUT2D eigenvalue weighted by Crippen LogP contribution is 2.22. The van der Waals surface area contributed by atoms with Crippen molar-refractivity contribution < 1.29 is 14.7 Å². The molecule has 0 radical (unpaired) electrons. The van der Waals surface area contributed by atoms with E-state index in [9.17, 15) is 14.7 Å². The van der Waals surface area contributed by atoms with Gasteiger partial charge in [-0.3, -0.25) is 4.79 Å². The normalized spacial score (nSPS) is 18.1. The van der Waals surface area contributed by atoms with Gasteiger partial charge in [-0.1, -0.05) is 42.5 Å². The van der Waals surface area contributed by atoms with Gasteiger partial charge >= 0.3 is 5.97 Å². The van der Waals surface area contributed by atoms with Gasteiger partial charge in [0.05, 0.1) is 6.42 Å². The van der Waals surface area contributed by atoms with E-state index in [2.05, 4.69) is 0 Å². The van der Waals surface area contributed by atoms with Crippen molar-refractivity contribution in [2.45, 2.75) is 25.3 Å². The quantitative estimate of drug-likeness (QED) is 0.941. The number of carboxylic acids is 1. The van der Waals surface area contributed by atoms with Crippen molar-refractivity contribution in [1.82, 2.24) is 4.90 Å². The standard InChI is InChI=1S/C17H17NO3/c19-16(18-10-4-9-15(18)17(20)21)11-13-7-3-6-12-5-1-2-8-14(12)13/h1-3,5-8,15H,4,9-11H2,(H,20,21)/t15-/m0/s1. The fourth-order valence-electron chi connectivity index (χ4n) is 3.03. The second-order valence-corrected chi connectivity index (χ2v) is 5.40. The topological polar surface area (TPSA) is 57.6 Å². The van der Waals surface area contributed by atoms with Crippen LogP contribution in [0.5, 0.6) is 0 Å². The highest BCUT2D eigenvalue weighted by molar-refractivity contribution is 5.91. The Morgan fingerprint density at radius 2 is 1.90 bits per heavy atom. The van der Waals surface area contributed by atoms with E-state index >= 15 is 0 Å². The molecule has 1 fully saturated rings. The highest BCUT2D eigenvalue weighted by atomic mass is 16.4. The van der Waals surface area contributed by atoms with Crippen LogP contribution in [0.4, 0.5) is 0 Å². The lowest BCUT2D eigenvalue weighted by molar-refractivity contribution is -0.147. The molecule has 1 saturated heterocycles. The molecule has 0 aliphatic carbocycles. The van der Waals surface area contributed by atoms with Crippen LogP contribution < -0.4 is 0 Å². The SMILES string of the molecule is O=C(O)[C@@H]1CCCN1C(=O)Cc1cccc2ccccc12. The number of carboxylic acid groups (broad SMARTS) is 1. The summed E-state index contributed by atoms with van der Waals surface area (Å²) in [6.45, 7) is 0.542. The molecule has 4 nitrogen and oxygen atoms in total. The summed E-state index contributed by atoms with van der Waals surface area (Å²) < 4.78 is 0. The molecule has 1 N–H and O–H groups in total. The predicted molar refractivity (Wildman–Crippen MR) is 80.0 cm³/mol. The molecular weight excluding hydrogens is 266 g/mol. The Morgan fingerprint density at radius 3 is 2.71 bits per heavy atom. The average molecular weight is 283 g/mol. The third-order valence-corrected chi connectivity index (χ3v) is 4.08. The van der Waals surface area contributed by atoms with E-state index in [0.717, 1.165) is 22.8 Å². The van der Waals surface area contributed by atoms with Gasteiger partial charge in [0.25, 0.3) is 0 Å². The van der Waals surface area contributed by atoms with Gasteiger partial charge in [-0.05, 0) is 29.2 Å². The summed E-state index contributed by atoms with van der Waals surface area (Å²) in [5, 5.41) is 11.3. The Labute approximate surface area is 123 Å². The first kappa shape index (κ1) is 13.6. The summed E-state index contributed by atoms with van der Waals surface area (Å²) in [7, 11) is 0. The van der Waals surface area contributed by atoms with Crippen LogP contribution in [-0.4, -0.2) is 34.5 Å². The number of aliphatic carboxylic acids is 1. The zero-order valence-electron chi connectivity index (χ0n) is 11.7. The van der Waals surface area contributed by atoms with E-state index in [1.54, 1.807) is 0 Å². The molecule has 0 saturated carbocycles. The van der Waals surface area contributed by atoms with Gasteiger partial charge < -0.3 is 10.0 Å². The third kappa shape index (κ3) is 2.61. The lowest BCUT2D eigenvalue weighted by atomic mass is 10.0. The van der Waals surface area contributed by atoms with Gasteiger partial charge in [0.2, 0.25) is 5.91 Å². The van der Waals surface area contributed by atoms with E-state index < -0.39 is 12.0 Å². The van der Waals surface area contributed by atoms with Crippen LogP contribution in [0.1, 0.15) is 18.4 Å². The van der Waals surface area contributed by atoms with Gasteiger partial charge in [0, 0.05) is 6.54 Å².